The minimum absolute atomic E-state index is 0.234. The van der Waals surface area contributed by atoms with Gasteiger partial charge in [-0.3, -0.25) is 0 Å². The molecule has 204 valence electrons. The molecular weight excluding hydrogens is 504 g/mol. The second-order valence-electron chi connectivity index (χ2n) is 10.1. The number of carbonyl (C=O) groups excluding carboxylic acids is 3. The average Bonchev–Trinajstić information content (AvgIpc) is 3.39. The second kappa shape index (κ2) is 11.6. The monoisotopic (exact) mass is 536 g/mol. The summed E-state index contributed by atoms with van der Waals surface area (Å²) in [7, 11) is 0. The maximum Gasteiger partial charge on any atom is 0.338 e. The Morgan fingerprint density at radius 1 is 0.625 bits per heavy atom. The van der Waals surface area contributed by atoms with Gasteiger partial charge in [-0.2, -0.15) is 0 Å². The van der Waals surface area contributed by atoms with Crippen LogP contribution in [0, 0.1) is 6.92 Å². The number of carbonyl (C=O) groups is 3. The summed E-state index contributed by atoms with van der Waals surface area (Å²) in [5.41, 5.74) is 7.77. The lowest BCUT2D eigenvalue weighted by atomic mass is 9.91. The van der Waals surface area contributed by atoms with Crippen molar-refractivity contribution in [2.45, 2.75) is 47.0 Å². The summed E-state index contributed by atoms with van der Waals surface area (Å²) in [6.45, 7) is 17.7. The molecular formula is C34H32O6. The van der Waals surface area contributed by atoms with Crippen molar-refractivity contribution in [3.63, 3.8) is 0 Å². The van der Waals surface area contributed by atoms with E-state index >= 15 is 0 Å². The smallest absolute Gasteiger partial charge is 0.338 e. The lowest BCUT2D eigenvalue weighted by molar-refractivity contribution is -0.131. The molecule has 0 atom stereocenters. The van der Waals surface area contributed by atoms with Crippen LogP contribution >= 0.6 is 0 Å². The van der Waals surface area contributed by atoms with Gasteiger partial charge in [-0.25, -0.2) is 14.4 Å². The number of hydrogen-bond acceptors (Lipinski definition) is 6. The first kappa shape index (κ1) is 28.3. The standard InChI is InChI=1S/C34H32O6/c1-19(2)32(35)38-24-12-14-26(31(18-24)40-34(37)21(5)6)23-11-13-25(22(7)17-23)28-15-16-30(39-33(36)20(3)4)29-10-8-9-27(28)29/h11-18H,1,3,5,8-10H2,2,4,6-7H3. The van der Waals surface area contributed by atoms with E-state index in [0.717, 1.165) is 47.1 Å². The molecule has 0 N–H and O–H groups in total. The van der Waals surface area contributed by atoms with Crippen LogP contribution in [0.25, 0.3) is 22.3 Å². The molecule has 0 aliphatic heterocycles. The van der Waals surface area contributed by atoms with Crippen LogP contribution in [-0.2, 0) is 27.2 Å². The van der Waals surface area contributed by atoms with E-state index in [-0.39, 0.29) is 22.6 Å². The Morgan fingerprint density at radius 3 is 1.80 bits per heavy atom. The van der Waals surface area contributed by atoms with E-state index in [1.807, 2.05) is 37.3 Å². The fraction of sp³-hybridized carbons (Fsp3) is 0.206. The summed E-state index contributed by atoms with van der Waals surface area (Å²) >= 11 is 0. The summed E-state index contributed by atoms with van der Waals surface area (Å²) in [5.74, 6) is -0.505. The highest BCUT2D eigenvalue weighted by Gasteiger charge is 2.23. The second-order valence-corrected chi connectivity index (χ2v) is 10.1. The normalized spacial score (nSPS) is 11.8. The van der Waals surface area contributed by atoms with Gasteiger partial charge in [0, 0.05) is 28.3 Å². The predicted octanol–water partition coefficient (Wildman–Crippen LogP) is 7.26. The molecule has 0 saturated carbocycles. The SMILES string of the molecule is C=C(C)C(=O)Oc1ccc(-c2ccc(-c3ccc(OC(=O)C(=C)C)c4c3CCC4)c(C)c2)c(OC(=O)C(=C)C)c1. The van der Waals surface area contributed by atoms with Crippen molar-refractivity contribution in [1.82, 2.24) is 0 Å². The summed E-state index contributed by atoms with van der Waals surface area (Å²) in [6, 6.07) is 14.8. The molecule has 0 radical (unpaired) electrons. The zero-order valence-electron chi connectivity index (χ0n) is 23.3. The van der Waals surface area contributed by atoms with Crippen LogP contribution in [0.4, 0.5) is 0 Å². The molecule has 0 fully saturated rings. The number of esters is 3. The number of benzene rings is 3. The van der Waals surface area contributed by atoms with Gasteiger partial charge in [-0.05, 0) is 98.5 Å². The van der Waals surface area contributed by atoms with Crippen molar-refractivity contribution >= 4 is 17.9 Å². The molecule has 3 aromatic rings. The quantitative estimate of drug-likeness (QED) is 0.171. The molecule has 0 aromatic heterocycles. The lowest BCUT2D eigenvalue weighted by Gasteiger charge is -2.17. The Labute approximate surface area is 234 Å². The van der Waals surface area contributed by atoms with Crippen LogP contribution in [0.2, 0.25) is 0 Å². The molecule has 0 bridgehead atoms. The van der Waals surface area contributed by atoms with E-state index in [2.05, 4.69) is 19.7 Å². The van der Waals surface area contributed by atoms with Gasteiger partial charge in [-0.1, -0.05) is 44.0 Å². The third-order valence-corrected chi connectivity index (χ3v) is 6.68. The van der Waals surface area contributed by atoms with Crippen molar-refractivity contribution in [3.8, 4) is 39.5 Å². The zero-order chi connectivity index (χ0) is 29.1. The fourth-order valence-electron chi connectivity index (χ4n) is 4.61. The predicted molar refractivity (Wildman–Crippen MR) is 155 cm³/mol. The van der Waals surface area contributed by atoms with Gasteiger partial charge in [0.2, 0.25) is 0 Å². The van der Waals surface area contributed by atoms with Gasteiger partial charge in [0.15, 0.2) is 0 Å². The van der Waals surface area contributed by atoms with Crippen molar-refractivity contribution in [2.24, 2.45) is 0 Å². The van der Waals surface area contributed by atoms with Gasteiger partial charge >= 0.3 is 17.9 Å². The molecule has 0 unspecified atom stereocenters. The maximum atomic E-state index is 12.4. The minimum atomic E-state index is -0.582. The van der Waals surface area contributed by atoms with Gasteiger partial charge < -0.3 is 14.2 Å². The molecule has 40 heavy (non-hydrogen) atoms. The molecule has 1 aliphatic rings. The molecule has 0 spiro atoms. The molecule has 1 aliphatic carbocycles. The molecule has 3 aromatic carbocycles. The zero-order valence-corrected chi connectivity index (χ0v) is 23.3. The van der Waals surface area contributed by atoms with Crippen LogP contribution < -0.4 is 14.2 Å². The fourth-order valence-corrected chi connectivity index (χ4v) is 4.61. The largest absolute Gasteiger partial charge is 0.423 e. The molecule has 6 nitrogen and oxygen atoms in total. The number of fused-ring (bicyclic) bond motifs is 1. The van der Waals surface area contributed by atoms with E-state index < -0.39 is 17.9 Å². The molecule has 0 heterocycles. The van der Waals surface area contributed by atoms with E-state index in [4.69, 9.17) is 14.2 Å². The van der Waals surface area contributed by atoms with Crippen molar-refractivity contribution < 1.29 is 28.6 Å². The van der Waals surface area contributed by atoms with Gasteiger partial charge in [0.05, 0.1) is 0 Å². The third kappa shape index (κ3) is 5.96. The van der Waals surface area contributed by atoms with Crippen LogP contribution in [0.1, 0.15) is 43.9 Å². The highest BCUT2D eigenvalue weighted by molar-refractivity contribution is 5.92. The topological polar surface area (TPSA) is 78.9 Å². The summed E-state index contributed by atoms with van der Waals surface area (Å²) < 4.78 is 16.6. The van der Waals surface area contributed by atoms with Crippen molar-refractivity contribution in [2.75, 3.05) is 0 Å². The van der Waals surface area contributed by atoms with E-state index in [0.29, 0.717) is 16.9 Å². The van der Waals surface area contributed by atoms with Gasteiger partial charge in [-0.15, -0.1) is 0 Å². The van der Waals surface area contributed by atoms with Crippen LogP contribution in [0.15, 0.2) is 85.0 Å². The Balaban J connectivity index is 1.72. The Kier molecular flexibility index (Phi) is 8.19. The molecule has 6 heteroatoms. The van der Waals surface area contributed by atoms with Crippen LogP contribution in [0.3, 0.4) is 0 Å². The van der Waals surface area contributed by atoms with E-state index in [1.54, 1.807) is 32.9 Å². The Morgan fingerprint density at radius 2 is 1.18 bits per heavy atom. The molecule has 4 rings (SSSR count). The number of hydrogen-bond donors (Lipinski definition) is 0. The van der Waals surface area contributed by atoms with Gasteiger partial charge in [0.1, 0.15) is 17.2 Å². The van der Waals surface area contributed by atoms with Crippen LogP contribution in [-0.4, -0.2) is 17.9 Å². The van der Waals surface area contributed by atoms with E-state index in [1.165, 1.54) is 11.6 Å². The molecule has 0 amide bonds. The Bertz CT molecular complexity index is 1590. The van der Waals surface area contributed by atoms with Crippen molar-refractivity contribution in [1.29, 1.82) is 0 Å². The van der Waals surface area contributed by atoms with Crippen molar-refractivity contribution in [3.05, 3.63) is 102 Å². The van der Waals surface area contributed by atoms with E-state index in [9.17, 15) is 14.4 Å². The third-order valence-electron chi connectivity index (χ3n) is 6.68. The summed E-state index contributed by atoms with van der Waals surface area (Å²) in [4.78, 5) is 36.6. The van der Waals surface area contributed by atoms with Gasteiger partial charge in [0.25, 0.3) is 0 Å². The average molecular weight is 537 g/mol. The first-order valence-electron chi connectivity index (χ1n) is 13.0. The first-order chi connectivity index (χ1) is 19.0. The summed E-state index contributed by atoms with van der Waals surface area (Å²) in [5, 5.41) is 0. The molecule has 0 saturated heterocycles. The first-order valence-corrected chi connectivity index (χ1v) is 13.0. The number of aryl methyl sites for hydroxylation is 1. The number of ether oxygens (including phenoxy) is 3. The Hall–Kier alpha value is -4.71. The lowest BCUT2D eigenvalue weighted by Crippen LogP contribution is -2.11. The number of rotatable bonds is 8. The summed E-state index contributed by atoms with van der Waals surface area (Å²) in [6.07, 6.45) is 2.73. The highest BCUT2D eigenvalue weighted by Crippen LogP contribution is 2.41. The van der Waals surface area contributed by atoms with Crippen LogP contribution in [0.5, 0.6) is 17.2 Å². The highest BCUT2D eigenvalue weighted by atomic mass is 16.5. The maximum absolute atomic E-state index is 12.4. The minimum Gasteiger partial charge on any atom is -0.423 e.